The van der Waals surface area contributed by atoms with Gasteiger partial charge in [0.15, 0.2) is 6.04 Å². The second-order valence-electron chi connectivity index (χ2n) is 5.11. The van der Waals surface area contributed by atoms with Gasteiger partial charge in [0.2, 0.25) is 0 Å². The Kier molecular flexibility index (Phi) is 3.01. The third-order valence-corrected chi connectivity index (χ3v) is 4.40. The van der Waals surface area contributed by atoms with Gasteiger partial charge in [0.05, 0.1) is 19.6 Å². The Morgan fingerprint density at radius 3 is 2.47 bits per heavy atom. The summed E-state index contributed by atoms with van der Waals surface area (Å²) in [5.41, 5.74) is 0. The molecule has 15 heavy (non-hydrogen) atoms. The van der Waals surface area contributed by atoms with Crippen molar-refractivity contribution in [1.29, 1.82) is 0 Å². The molecule has 3 heteroatoms. The summed E-state index contributed by atoms with van der Waals surface area (Å²) < 4.78 is 1.07. The highest BCUT2D eigenvalue weighted by Gasteiger charge is 2.45. The second kappa shape index (κ2) is 4.12. The van der Waals surface area contributed by atoms with Crippen molar-refractivity contribution >= 4 is 5.91 Å². The lowest BCUT2D eigenvalue weighted by Gasteiger charge is -2.44. The first kappa shape index (κ1) is 10.9. The van der Waals surface area contributed by atoms with Gasteiger partial charge < -0.3 is 9.38 Å². The van der Waals surface area contributed by atoms with Crippen molar-refractivity contribution in [2.24, 2.45) is 0 Å². The minimum atomic E-state index is 0.278. The van der Waals surface area contributed by atoms with Crippen LogP contribution in [-0.2, 0) is 4.79 Å². The molecule has 2 rings (SSSR count). The van der Waals surface area contributed by atoms with Gasteiger partial charge in [-0.3, -0.25) is 4.79 Å². The maximum absolute atomic E-state index is 12.1. The van der Waals surface area contributed by atoms with Gasteiger partial charge in [0.25, 0.3) is 5.91 Å². The topological polar surface area (TPSA) is 20.3 Å². The zero-order valence-corrected chi connectivity index (χ0v) is 10.0. The highest BCUT2D eigenvalue weighted by Crippen LogP contribution is 2.28. The number of likely N-dealkylation sites (N-methyl/N-ethyl adjacent to an activating group) is 2. The van der Waals surface area contributed by atoms with Crippen molar-refractivity contribution in [3.05, 3.63) is 0 Å². The SMILES string of the molecule is CC[N+]1(C2CCN(C)C2=O)CCCCC1. The Bertz CT molecular complexity index is 246. The highest BCUT2D eigenvalue weighted by molar-refractivity contribution is 5.82. The third-order valence-electron chi connectivity index (χ3n) is 4.40. The summed E-state index contributed by atoms with van der Waals surface area (Å²) in [4.78, 5) is 14.0. The highest BCUT2D eigenvalue weighted by atomic mass is 16.2. The summed E-state index contributed by atoms with van der Waals surface area (Å²) in [5.74, 6) is 0.388. The average molecular weight is 211 g/mol. The molecular formula is C12H23N2O+. The lowest BCUT2D eigenvalue weighted by molar-refractivity contribution is -0.944. The predicted octanol–water partition coefficient (Wildman–Crippen LogP) is 1.24. The molecule has 2 heterocycles. The first-order chi connectivity index (χ1) is 7.19. The summed E-state index contributed by atoms with van der Waals surface area (Å²) in [6, 6.07) is 0.278. The van der Waals surface area contributed by atoms with Crippen molar-refractivity contribution in [3.63, 3.8) is 0 Å². The largest absolute Gasteiger partial charge is 0.340 e. The molecule has 0 N–H and O–H groups in total. The lowest BCUT2D eigenvalue weighted by atomic mass is 10.0. The predicted molar refractivity (Wildman–Crippen MR) is 60.4 cm³/mol. The summed E-state index contributed by atoms with van der Waals surface area (Å²) in [5, 5.41) is 0. The molecule has 0 radical (unpaired) electrons. The maximum atomic E-state index is 12.1. The molecule has 0 spiro atoms. The van der Waals surface area contributed by atoms with E-state index in [-0.39, 0.29) is 6.04 Å². The van der Waals surface area contributed by atoms with Crippen LogP contribution in [0.15, 0.2) is 0 Å². The number of nitrogens with zero attached hydrogens (tertiary/aromatic N) is 2. The molecule has 2 aliphatic rings. The molecule has 0 bridgehead atoms. The van der Waals surface area contributed by atoms with Crippen LogP contribution in [0.1, 0.15) is 32.6 Å². The Balaban J connectivity index is 2.15. The minimum absolute atomic E-state index is 0.278. The number of hydrogen-bond acceptors (Lipinski definition) is 1. The van der Waals surface area contributed by atoms with E-state index >= 15 is 0 Å². The quantitative estimate of drug-likeness (QED) is 0.629. The van der Waals surface area contributed by atoms with Gasteiger partial charge in [0, 0.05) is 20.0 Å². The van der Waals surface area contributed by atoms with Crippen LogP contribution >= 0.6 is 0 Å². The monoisotopic (exact) mass is 211 g/mol. The van der Waals surface area contributed by atoms with E-state index in [1.165, 1.54) is 32.4 Å². The van der Waals surface area contributed by atoms with Gasteiger partial charge in [0.1, 0.15) is 0 Å². The van der Waals surface area contributed by atoms with Gasteiger partial charge in [-0.25, -0.2) is 0 Å². The van der Waals surface area contributed by atoms with E-state index in [0.29, 0.717) is 5.91 Å². The number of rotatable bonds is 2. The van der Waals surface area contributed by atoms with Crippen LogP contribution in [0.25, 0.3) is 0 Å². The fraction of sp³-hybridized carbons (Fsp3) is 0.917. The van der Waals surface area contributed by atoms with Crippen molar-refractivity contribution in [1.82, 2.24) is 4.90 Å². The summed E-state index contributed by atoms with van der Waals surface area (Å²) in [7, 11) is 1.94. The van der Waals surface area contributed by atoms with E-state index in [1.54, 1.807) is 0 Å². The molecular weight excluding hydrogens is 188 g/mol. The zero-order valence-electron chi connectivity index (χ0n) is 10.0. The normalized spacial score (nSPS) is 30.9. The Hall–Kier alpha value is -0.570. The van der Waals surface area contributed by atoms with E-state index in [1.807, 2.05) is 11.9 Å². The van der Waals surface area contributed by atoms with E-state index < -0.39 is 0 Å². The van der Waals surface area contributed by atoms with Gasteiger partial charge in [-0.05, 0) is 26.2 Å². The zero-order chi connectivity index (χ0) is 10.9. The number of hydrogen-bond donors (Lipinski definition) is 0. The van der Waals surface area contributed by atoms with Crippen LogP contribution in [0.4, 0.5) is 0 Å². The molecule has 0 aliphatic carbocycles. The third kappa shape index (κ3) is 1.78. The Morgan fingerprint density at radius 2 is 2.00 bits per heavy atom. The van der Waals surface area contributed by atoms with Gasteiger partial charge >= 0.3 is 0 Å². The number of carbonyl (C=O) groups excluding carboxylic acids is 1. The second-order valence-corrected chi connectivity index (χ2v) is 5.11. The summed E-state index contributed by atoms with van der Waals surface area (Å²) >= 11 is 0. The molecule has 2 saturated heterocycles. The number of quaternary nitrogens is 1. The number of piperidine rings is 1. The molecule has 0 aromatic rings. The molecule has 2 fully saturated rings. The summed E-state index contributed by atoms with van der Waals surface area (Å²) in [6.45, 7) is 6.78. The molecule has 0 saturated carbocycles. The van der Waals surface area contributed by atoms with Crippen molar-refractivity contribution in [2.45, 2.75) is 38.6 Å². The maximum Gasteiger partial charge on any atom is 0.280 e. The standard InChI is InChI=1S/C12H23N2O/c1-3-14(9-5-4-6-10-14)11-7-8-13(2)12(11)15/h11H,3-10H2,1-2H3/q+1. The van der Waals surface area contributed by atoms with E-state index in [4.69, 9.17) is 0 Å². The van der Waals surface area contributed by atoms with Crippen LogP contribution in [0.5, 0.6) is 0 Å². The summed E-state index contributed by atoms with van der Waals surface area (Å²) in [6.07, 6.45) is 5.04. The molecule has 0 aromatic carbocycles. The van der Waals surface area contributed by atoms with Gasteiger partial charge in [-0.15, -0.1) is 0 Å². The van der Waals surface area contributed by atoms with Crippen molar-refractivity contribution < 1.29 is 9.28 Å². The van der Waals surface area contributed by atoms with E-state index in [2.05, 4.69) is 6.92 Å². The van der Waals surface area contributed by atoms with E-state index in [0.717, 1.165) is 24.0 Å². The first-order valence-electron chi connectivity index (χ1n) is 6.30. The van der Waals surface area contributed by atoms with Crippen LogP contribution in [0, 0.1) is 0 Å². The molecule has 3 nitrogen and oxygen atoms in total. The Labute approximate surface area is 92.6 Å². The molecule has 1 atom stereocenters. The van der Waals surface area contributed by atoms with Crippen molar-refractivity contribution in [2.75, 3.05) is 33.2 Å². The molecule has 86 valence electrons. The van der Waals surface area contributed by atoms with Gasteiger partial charge in [-0.1, -0.05) is 0 Å². The molecule has 1 amide bonds. The average Bonchev–Trinajstić information content (AvgIpc) is 2.61. The molecule has 1 unspecified atom stereocenters. The molecule has 2 aliphatic heterocycles. The van der Waals surface area contributed by atoms with Crippen LogP contribution < -0.4 is 0 Å². The fourth-order valence-corrected chi connectivity index (χ4v) is 3.30. The number of carbonyl (C=O) groups is 1. The van der Waals surface area contributed by atoms with Crippen molar-refractivity contribution in [3.8, 4) is 0 Å². The van der Waals surface area contributed by atoms with Crippen LogP contribution in [-0.4, -0.2) is 54.6 Å². The fourth-order valence-electron chi connectivity index (χ4n) is 3.30. The Morgan fingerprint density at radius 1 is 1.33 bits per heavy atom. The number of likely N-dealkylation sites (tertiary alicyclic amines) is 2. The van der Waals surface area contributed by atoms with Crippen LogP contribution in [0.3, 0.4) is 0 Å². The number of amides is 1. The van der Waals surface area contributed by atoms with Gasteiger partial charge in [-0.2, -0.15) is 0 Å². The first-order valence-corrected chi connectivity index (χ1v) is 6.30. The molecule has 0 aromatic heterocycles. The smallest absolute Gasteiger partial charge is 0.280 e. The van der Waals surface area contributed by atoms with Crippen LogP contribution in [0.2, 0.25) is 0 Å². The van der Waals surface area contributed by atoms with E-state index in [9.17, 15) is 4.79 Å². The lowest BCUT2D eigenvalue weighted by Crippen LogP contribution is -2.60. The minimum Gasteiger partial charge on any atom is -0.340 e.